The summed E-state index contributed by atoms with van der Waals surface area (Å²) in [5, 5.41) is 9.99. The van der Waals surface area contributed by atoms with Gasteiger partial charge in [0.25, 0.3) is 0 Å². The van der Waals surface area contributed by atoms with Gasteiger partial charge in [-0.3, -0.25) is 4.79 Å². The fraction of sp³-hybridized carbons (Fsp3) is 0.214. The molecule has 0 aliphatic heterocycles. The van der Waals surface area contributed by atoms with Crippen LogP contribution < -0.4 is 11.1 Å². The van der Waals surface area contributed by atoms with Gasteiger partial charge in [-0.1, -0.05) is 6.07 Å². The summed E-state index contributed by atoms with van der Waals surface area (Å²) in [4.78, 5) is 11.2. The summed E-state index contributed by atoms with van der Waals surface area (Å²) < 4.78 is 38.4. The predicted octanol–water partition coefficient (Wildman–Crippen LogP) is 3.01. The number of nitrogens with one attached hydrogen (secondary N) is 1. The van der Waals surface area contributed by atoms with E-state index in [2.05, 4.69) is 15.5 Å². The Morgan fingerprint density at radius 2 is 1.91 bits per heavy atom. The number of hydrogen-bond donors (Lipinski definition) is 2. The van der Waals surface area contributed by atoms with Crippen LogP contribution in [0.25, 0.3) is 11.3 Å². The number of halogens is 3. The van der Waals surface area contributed by atoms with Gasteiger partial charge in [-0.05, 0) is 30.7 Å². The molecule has 116 valence electrons. The van der Waals surface area contributed by atoms with E-state index in [-0.39, 0.29) is 11.5 Å². The molecule has 5 nitrogen and oxygen atoms in total. The molecule has 0 radical (unpaired) electrons. The van der Waals surface area contributed by atoms with Gasteiger partial charge in [-0.15, -0.1) is 10.2 Å². The Bertz CT molecular complexity index is 729. The smallest absolute Gasteiger partial charge is 0.382 e. The van der Waals surface area contributed by atoms with Crippen molar-refractivity contribution in [3.63, 3.8) is 0 Å². The van der Waals surface area contributed by atoms with Crippen LogP contribution in [0.3, 0.4) is 0 Å². The Hall–Kier alpha value is -2.64. The summed E-state index contributed by atoms with van der Waals surface area (Å²) >= 11 is 0. The second-order valence-electron chi connectivity index (χ2n) is 4.74. The number of nitrogens with zero attached hydrogens (tertiary/aromatic N) is 2. The lowest BCUT2D eigenvalue weighted by Gasteiger charge is -2.14. The molecule has 0 saturated carbocycles. The maximum atomic E-state index is 12.8. The molecule has 0 bridgehead atoms. The lowest BCUT2D eigenvalue weighted by molar-refractivity contribution is -0.137. The molecule has 1 aromatic carbocycles. The molecule has 8 heteroatoms. The molecule has 1 amide bonds. The molecule has 2 rings (SSSR count). The number of alkyl halides is 3. The number of hydrogen-bond acceptors (Lipinski definition) is 4. The summed E-state index contributed by atoms with van der Waals surface area (Å²) in [6, 6.07) is 4.60. The number of carbonyl (C=O) groups is 1. The average molecular weight is 310 g/mol. The van der Waals surface area contributed by atoms with Gasteiger partial charge in [-0.2, -0.15) is 13.2 Å². The first-order valence-corrected chi connectivity index (χ1v) is 6.27. The van der Waals surface area contributed by atoms with E-state index < -0.39 is 17.6 Å². The average Bonchev–Trinajstić information content (AvgIpc) is 2.37. The van der Waals surface area contributed by atoms with Crippen LogP contribution in [0.2, 0.25) is 0 Å². The molecule has 22 heavy (non-hydrogen) atoms. The van der Waals surface area contributed by atoms with Gasteiger partial charge in [0, 0.05) is 12.5 Å². The monoisotopic (exact) mass is 310 g/mol. The van der Waals surface area contributed by atoms with Gasteiger partial charge < -0.3 is 11.1 Å². The largest absolute Gasteiger partial charge is 0.416 e. The number of benzene rings is 1. The van der Waals surface area contributed by atoms with Gasteiger partial charge in [0.05, 0.1) is 16.9 Å². The number of rotatable bonds is 2. The summed E-state index contributed by atoms with van der Waals surface area (Å²) in [5.41, 5.74) is 6.00. The van der Waals surface area contributed by atoms with Crippen molar-refractivity contribution in [2.24, 2.45) is 0 Å². The minimum absolute atomic E-state index is 0.0181. The molecule has 2 aromatic rings. The first-order valence-electron chi connectivity index (χ1n) is 6.27. The van der Waals surface area contributed by atoms with Crippen LogP contribution in [0.4, 0.5) is 24.7 Å². The third-order valence-electron chi connectivity index (χ3n) is 2.92. The zero-order chi connectivity index (χ0) is 16.5. The van der Waals surface area contributed by atoms with E-state index in [1.807, 2.05) is 0 Å². The maximum absolute atomic E-state index is 12.8. The third kappa shape index (κ3) is 3.33. The maximum Gasteiger partial charge on any atom is 0.416 e. The number of nitrogens with two attached hydrogens (primary N) is 1. The van der Waals surface area contributed by atoms with Crippen molar-refractivity contribution in [2.75, 3.05) is 11.1 Å². The highest BCUT2D eigenvalue weighted by molar-refractivity contribution is 5.94. The lowest BCUT2D eigenvalue weighted by atomic mass is 10.0. The molecular formula is C14H13F3N4O. The number of amides is 1. The molecule has 0 fully saturated rings. The molecule has 0 unspecified atom stereocenters. The van der Waals surface area contributed by atoms with Gasteiger partial charge >= 0.3 is 6.18 Å². The van der Waals surface area contributed by atoms with Gasteiger partial charge in [0.15, 0.2) is 0 Å². The van der Waals surface area contributed by atoms with Crippen LogP contribution in [0.15, 0.2) is 24.3 Å². The number of nitrogen functional groups attached to an aromatic ring is 1. The van der Waals surface area contributed by atoms with E-state index >= 15 is 0 Å². The number of aryl methyl sites for hydroxylation is 1. The van der Waals surface area contributed by atoms with E-state index in [1.54, 1.807) is 13.0 Å². The molecule has 3 N–H and O–H groups in total. The van der Waals surface area contributed by atoms with Crippen LogP contribution in [0.1, 0.15) is 18.1 Å². The lowest BCUT2D eigenvalue weighted by Crippen LogP contribution is -2.11. The second-order valence-corrected chi connectivity index (χ2v) is 4.74. The SMILES string of the molecule is CC(=O)Nc1cc(C(F)(F)F)ccc1-c1nnc(N)cc1C. The van der Waals surface area contributed by atoms with E-state index in [9.17, 15) is 18.0 Å². The fourth-order valence-electron chi connectivity index (χ4n) is 1.99. The molecule has 0 aliphatic carbocycles. The van der Waals surface area contributed by atoms with E-state index in [0.29, 0.717) is 16.8 Å². The van der Waals surface area contributed by atoms with Crippen LogP contribution in [0, 0.1) is 6.92 Å². The summed E-state index contributed by atoms with van der Waals surface area (Å²) in [6.07, 6.45) is -4.51. The van der Waals surface area contributed by atoms with E-state index in [0.717, 1.165) is 12.1 Å². The Balaban J connectivity index is 2.61. The van der Waals surface area contributed by atoms with Gasteiger partial charge in [0.1, 0.15) is 5.82 Å². The summed E-state index contributed by atoms with van der Waals surface area (Å²) in [7, 11) is 0. The highest BCUT2D eigenvalue weighted by Crippen LogP contribution is 2.36. The molecule has 1 heterocycles. The van der Waals surface area contributed by atoms with Crippen molar-refractivity contribution in [1.29, 1.82) is 0 Å². The number of anilines is 2. The first-order chi connectivity index (χ1) is 10.2. The van der Waals surface area contributed by atoms with Crippen LogP contribution in [-0.2, 0) is 11.0 Å². The molecule has 1 aromatic heterocycles. The molecule has 0 spiro atoms. The minimum Gasteiger partial charge on any atom is -0.382 e. The van der Waals surface area contributed by atoms with Crippen LogP contribution >= 0.6 is 0 Å². The number of aromatic nitrogens is 2. The van der Waals surface area contributed by atoms with E-state index in [4.69, 9.17) is 5.73 Å². The van der Waals surface area contributed by atoms with Crippen molar-refractivity contribution in [1.82, 2.24) is 10.2 Å². The Labute approximate surface area is 124 Å². The van der Waals surface area contributed by atoms with Gasteiger partial charge in [-0.25, -0.2) is 0 Å². The summed E-state index contributed by atoms with van der Waals surface area (Å²) in [6.45, 7) is 2.92. The molecule has 0 atom stereocenters. The zero-order valence-corrected chi connectivity index (χ0v) is 11.8. The highest BCUT2D eigenvalue weighted by Gasteiger charge is 2.31. The van der Waals surface area contributed by atoms with Crippen molar-refractivity contribution >= 4 is 17.4 Å². The third-order valence-corrected chi connectivity index (χ3v) is 2.92. The highest BCUT2D eigenvalue weighted by atomic mass is 19.4. The Morgan fingerprint density at radius 3 is 2.45 bits per heavy atom. The quantitative estimate of drug-likeness (QED) is 0.893. The molecule has 0 aliphatic rings. The second kappa shape index (κ2) is 5.63. The first kappa shape index (κ1) is 15.7. The Morgan fingerprint density at radius 1 is 1.23 bits per heavy atom. The molecule has 0 saturated heterocycles. The summed E-state index contributed by atoms with van der Waals surface area (Å²) in [5.74, 6) is -0.282. The minimum atomic E-state index is -4.51. The van der Waals surface area contributed by atoms with Crippen molar-refractivity contribution in [2.45, 2.75) is 20.0 Å². The van der Waals surface area contributed by atoms with Crippen molar-refractivity contribution in [3.8, 4) is 11.3 Å². The Kier molecular flexibility index (Phi) is 4.03. The molecular weight excluding hydrogens is 297 g/mol. The predicted molar refractivity (Wildman–Crippen MR) is 75.9 cm³/mol. The van der Waals surface area contributed by atoms with Crippen molar-refractivity contribution in [3.05, 3.63) is 35.4 Å². The standard InChI is InChI=1S/C14H13F3N4O/c1-7-5-12(18)20-21-13(7)10-4-3-9(14(15,16)17)6-11(10)19-8(2)22/h3-6H,1-2H3,(H2,18,20)(H,19,22). The fourth-order valence-corrected chi connectivity index (χ4v) is 1.99. The number of carbonyl (C=O) groups excluding carboxylic acids is 1. The van der Waals surface area contributed by atoms with Gasteiger partial charge in [0.2, 0.25) is 5.91 Å². The topological polar surface area (TPSA) is 80.9 Å². The zero-order valence-electron chi connectivity index (χ0n) is 11.8. The normalized spacial score (nSPS) is 11.3. The van der Waals surface area contributed by atoms with Crippen LogP contribution in [-0.4, -0.2) is 16.1 Å². The van der Waals surface area contributed by atoms with E-state index in [1.165, 1.54) is 13.0 Å². The van der Waals surface area contributed by atoms with Crippen molar-refractivity contribution < 1.29 is 18.0 Å². The van der Waals surface area contributed by atoms with Crippen LogP contribution in [0.5, 0.6) is 0 Å².